The van der Waals surface area contributed by atoms with E-state index in [0.29, 0.717) is 12.1 Å². The van der Waals surface area contributed by atoms with Crippen molar-refractivity contribution in [1.29, 1.82) is 5.26 Å². The molecule has 2 rings (SSSR count). The quantitative estimate of drug-likeness (QED) is 0.719. The van der Waals surface area contributed by atoms with Crippen molar-refractivity contribution in [1.82, 2.24) is 15.2 Å². The van der Waals surface area contributed by atoms with E-state index >= 15 is 0 Å². The highest BCUT2D eigenvalue weighted by atomic mass is 16.2. The van der Waals surface area contributed by atoms with Crippen LogP contribution in [0.15, 0.2) is 18.3 Å². The van der Waals surface area contributed by atoms with Crippen LogP contribution in [0.4, 0.5) is 0 Å². The van der Waals surface area contributed by atoms with Crippen molar-refractivity contribution in [3.8, 4) is 6.07 Å². The van der Waals surface area contributed by atoms with E-state index in [1.165, 1.54) is 12.3 Å². The van der Waals surface area contributed by atoms with Crippen LogP contribution in [0.5, 0.6) is 0 Å². The lowest BCUT2D eigenvalue weighted by molar-refractivity contribution is -0.122. The first-order valence-electron chi connectivity index (χ1n) is 7.29. The number of aromatic nitrogens is 1. The largest absolute Gasteiger partial charge is 0.368 e. The van der Waals surface area contributed by atoms with Crippen LogP contribution in [0.1, 0.15) is 35.3 Å². The molecule has 1 saturated heterocycles. The highest BCUT2D eigenvalue weighted by Gasteiger charge is 2.28. The van der Waals surface area contributed by atoms with E-state index in [1.54, 1.807) is 6.07 Å². The van der Waals surface area contributed by atoms with E-state index in [4.69, 9.17) is 11.0 Å². The van der Waals surface area contributed by atoms with Gasteiger partial charge in [0.2, 0.25) is 5.91 Å². The molecule has 2 amide bonds. The highest BCUT2D eigenvalue weighted by molar-refractivity contribution is 5.92. The van der Waals surface area contributed by atoms with Gasteiger partial charge in [-0.25, -0.2) is 4.98 Å². The zero-order chi connectivity index (χ0) is 15.9. The van der Waals surface area contributed by atoms with E-state index in [-0.39, 0.29) is 23.6 Å². The fraction of sp³-hybridized carbons (Fsp3) is 0.467. The van der Waals surface area contributed by atoms with Crippen LogP contribution in [-0.2, 0) is 4.79 Å². The molecule has 1 aromatic rings. The monoisotopic (exact) mass is 301 g/mol. The molecule has 1 aliphatic rings. The lowest BCUT2D eigenvalue weighted by Crippen LogP contribution is -2.41. The number of nitrogens with two attached hydrogens (primary N) is 1. The third kappa shape index (κ3) is 4.02. The molecule has 0 aromatic carbocycles. The summed E-state index contributed by atoms with van der Waals surface area (Å²) in [6.45, 7) is 2.11. The average Bonchev–Trinajstić information content (AvgIpc) is 3.00. The van der Waals surface area contributed by atoms with Gasteiger partial charge in [0.05, 0.1) is 11.6 Å². The van der Waals surface area contributed by atoms with Gasteiger partial charge >= 0.3 is 0 Å². The first-order chi connectivity index (χ1) is 10.6. The van der Waals surface area contributed by atoms with Gasteiger partial charge < -0.3 is 11.1 Å². The number of nitriles is 1. The van der Waals surface area contributed by atoms with Crippen molar-refractivity contribution in [2.45, 2.75) is 25.3 Å². The van der Waals surface area contributed by atoms with Crippen molar-refractivity contribution in [3.63, 3.8) is 0 Å². The maximum absolute atomic E-state index is 11.9. The SMILES string of the molecule is N#Cc1ccc(C(=O)NCCCN2CCC[C@H]2C(N)=O)nc1. The fourth-order valence-electron chi connectivity index (χ4n) is 2.58. The maximum Gasteiger partial charge on any atom is 0.269 e. The van der Waals surface area contributed by atoms with Gasteiger partial charge in [-0.1, -0.05) is 0 Å². The van der Waals surface area contributed by atoms with Crippen molar-refractivity contribution in [2.24, 2.45) is 5.73 Å². The van der Waals surface area contributed by atoms with Crippen molar-refractivity contribution < 1.29 is 9.59 Å². The summed E-state index contributed by atoms with van der Waals surface area (Å²) in [5, 5.41) is 11.5. The standard InChI is InChI=1S/C15H19N5O2/c16-9-11-4-5-12(19-10-11)15(22)18-6-2-8-20-7-1-3-13(20)14(17)21/h4-5,10,13H,1-3,6-8H2,(H2,17,21)(H,18,22)/t13-/m0/s1. The number of primary amides is 1. The second kappa shape index (κ2) is 7.52. The second-order valence-electron chi connectivity index (χ2n) is 5.25. The Morgan fingerprint density at radius 1 is 1.50 bits per heavy atom. The molecule has 2 heterocycles. The molecule has 0 aliphatic carbocycles. The fourth-order valence-corrected chi connectivity index (χ4v) is 2.58. The normalized spacial score (nSPS) is 17.9. The van der Waals surface area contributed by atoms with E-state index in [1.807, 2.05) is 6.07 Å². The Morgan fingerprint density at radius 2 is 2.32 bits per heavy atom. The average molecular weight is 301 g/mol. The summed E-state index contributed by atoms with van der Waals surface area (Å²) in [6, 6.07) is 4.87. The Hall–Kier alpha value is -2.46. The third-order valence-corrected chi connectivity index (χ3v) is 3.72. The van der Waals surface area contributed by atoms with Gasteiger partial charge in [0, 0.05) is 19.3 Å². The number of carbonyl (C=O) groups excluding carboxylic acids is 2. The van der Waals surface area contributed by atoms with Crippen LogP contribution in [0, 0.1) is 11.3 Å². The zero-order valence-electron chi connectivity index (χ0n) is 12.3. The minimum absolute atomic E-state index is 0.170. The van der Waals surface area contributed by atoms with Gasteiger partial charge in [0.15, 0.2) is 0 Å². The molecule has 3 N–H and O–H groups in total. The first kappa shape index (κ1) is 15.9. The molecule has 0 unspecified atom stereocenters. The Bertz CT molecular complexity index is 579. The van der Waals surface area contributed by atoms with Crippen LogP contribution in [0.2, 0.25) is 0 Å². The molecular formula is C15H19N5O2. The summed E-state index contributed by atoms with van der Waals surface area (Å²) in [5.74, 6) is -0.541. The minimum Gasteiger partial charge on any atom is -0.368 e. The van der Waals surface area contributed by atoms with E-state index in [2.05, 4.69) is 15.2 Å². The number of amides is 2. The zero-order valence-corrected chi connectivity index (χ0v) is 12.3. The van der Waals surface area contributed by atoms with Gasteiger partial charge in [0.1, 0.15) is 11.8 Å². The van der Waals surface area contributed by atoms with Crippen LogP contribution in [0.25, 0.3) is 0 Å². The van der Waals surface area contributed by atoms with Gasteiger partial charge in [-0.05, 0) is 37.9 Å². The van der Waals surface area contributed by atoms with Crippen molar-refractivity contribution >= 4 is 11.8 Å². The van der Waals surface area contributed by atoms with Gasteiger partial charge in [0.25, 0.3) is 5.91 Å². The Kier molecular flexibility index (Phi) is 5.44. The molecule has 22 heavy (non-hydrogen) atoms. The number of pyridine rings is 1. The highest BCUT2D eigenvalue weighted by Crippen LogP contribution is 2.16. The molecule has 0 spiro atoms. The van der Waals surface area contributed by atoms with Gasteiger partial charge in [-0.3, -0.25) is 14.5 Å². The number of hydrogen-bond acceptors (Lipinski definition) is 5. The topological polar surface area (TPSA) is 112 Å². The maximum atomic E-state index is 11.9. The predicted octanol–water partition coefficient (Wildman–Crippen LogP) is 0.0229. The van der Waals surface area contributed by atoms with E-state index in [0.717, 1.165) is 32.4 Å². The molecular weight excluding hydrogens is 282 g/mol. The molecule has 1 fully saturated rings. The number of hydrogen-bond donors (Lipinski definition) is 2. The first-order valence-corrected chi connectivity index (χ1v) is 7.29. The summed E-state index contributed by atoms with van der Waals surface area (Å²) in [4.78, 5) is 29.1. The Labute approximate surface area is 129 Å². The number of rotatable bonds is 6. The molecule has 0 radical (unpaired) electrons. The molecule has 7 heteroatoms. The van der Waals surface area contributed by atoms with Gasteiger partial charge in [-0.15, -0.1) is 0 Å². The minimum atomic E-state index is -0.275. The number of nitrogens with one attached hydrogen (secondary N) is 1. The number of nitrogens with zero attached hydrogens (tertiary/aromatic N) is 3. The molecule has 1 aliphatic heterocycles. The van der Waals surface area contributed by atoms with Crippen LogP contribution < -0.4 is 11.1 Å². The molecule has 0 bridgehead atoms. The lowest BCUT2D eigenvalue weighted by Gasteiger charge is -2.21. The third-order valence-electron chi connectivity index (χ3n) is 3.72. The van der Waals surface area contributed by atoms with E-state index < -0.39 is 0 Å². The van der Waals surface area contributed by atoms with Crippen molar-refractivity contribution in [3.05, 3.63) is 29.6 Å². The van der Waals surface area contributed by atoms with Crippen LogP contribution in [0.3, 0.4) is 0 Å². The van der Waals surface area contributed by atoms with Gasteiger partial charge in [-0.2, -0.15) is 5.26 Å². The number of carbonyl (C=O) groups is 2. The Balaban J connectivity index is 1.73. The summed E-state index contributed by atoms with van der Waals surface area (Å²) in [5.41, 5.74) is 6.07. The number of likely N-dealkylation sites (tertiary alicyclic amines) is 1. The molecule has 7 nitrogen and oxygen atoms in total. The molecule has 1 aromatic heterocycles. The van der Waals surface area contributed by atoms with Crippen molar-refractivity contribution in [2.75, 3.05) is 19.6 Å². The Morgan fingerprint density at radius 3 is 2.95 bits per heavy atom. The second-order valence-corrected chi connectivity index (χ2v) is 5.25. The predicted molar refractivity (Wildman–Crippen MR) is 79.7 cm³/mol. The summed E-state index contributed by atoms with van der Waals surface area (Å²) in [6.07, 6.45) is 3.91. The van der Waals surface area contributed by atoms with Crippen LogP contribution >= 0.6 is 0 Å². The molecule has 1 atom stereocenters. The molecule has 116 valence electrons. The van der Waals surface area contributed by atoms with E-state index in [9.17, 15) is 9.59 Å². The van der Waals surface area contributed by atoms with Crippen LogP contribution in [-0.4, -0.2) is 47.4 Å². The smallest absolute Gasteiger partial charge is 0.269 e. The summed E-state index contributed by atoms with van der Waals surface area (Å²) in [7, 11) is 0. The lowest BCUT2D eigenvalue weighted by atomic mass is 10.2. The summed E-state index contributed by atoms with van der Waals surface area (Å²) >= 11 is 0. The molecule has 0 saturated carbocycles. The summed E-state index contributed by atoms with van der Waals surface area (Å²) < 4.78 is 0.